The summed E-state index contributed by atoms with van der Waals surface area (Å²) in [5.41, 5.74) is 4.38. The second-order valence-corrected chi connectivity index (χ2v) is 3.80. The van der Waals surface area contributed by atoms with E-state index in [1.165, 1.54) is 12.1 Å². The van der Waals surface area contributed by atoms with Crippen LogP contribution in [0.15, 0.2) is 24.3 Å². The number of ether oxygens (including phenoxy) is 2. The molecule has 0 bridgehead atoms. The third-order valence-corrected chi connectivity index (χ3v) is 2.51. The zero-order valence-corrected chi connectivity index (χ0v) is 10.2. The summed E-state index contributed by atoms with van der Waals surface area (Å²) >= 11 is 0. The first-order valence-corrected chi connectivity index (χ1v) is 5.48. The summed E-state index contributed by atoms with van der Waals surface area (Å²) in [5, 5.41) is 0.598. The summed E-state index contributed by atoms with van der Waals surface area (Å²) in [4.78, 5) is 4.33. The first kappa shape index (κ1) is 13.4. The van der Waals surface area contributed by atoms with Gasteiger partial charge in [-0.2, -0.15) is 8.78 Å². The van der Waals surface area contributed by atoms with E-state index in [0.717, 1.165) is 0 Å². The molecule has 0 atom stereocenters. The summed E-state index contributed by atoms with van der Waals surface area (Å²) in [6.45, 7) is -2.53. The molecule has 5 nitrogen and oxygen atoms in total. The Balaban J connectivity index is 2.49. The van der Waals surface area contributed by atoms with Gasteiger partial charge in [0.1, 0.15) is 5.75 Å². The van der Waals surface area contributed by atoms with Crippen molar-refractivity contribution in [3.05, 3.63) is 30.0 Å². The Labute approximate surface area is 108 Å². The second kappa shape index (κ2) is 5.77. The van der Waals surface area contributed by atoms with E-state index in [1.54, 1.807) is 19.2 Å². The molecule has 7 heteroatoms. The zero-order valence-electron chi connectivity index (χ0n) is 10.2. The molecule has 0 aliphatic rings. The molecule has 19 heavy (non-hydrogen) atoms. The maximum atomic E-state index is 12.2. The molecule has 0 saturated carbocycles. The molecule has 0 unspecified atom stereocenters. The number of alkyl halides is 2. The summed E-state index contributed by atoms with van der Waals surface area (Å²) < 4.78 is 33.7. The van der Waals surface area contributed by atoms with Gasteiger partial charge in [0, 0.05) is 12.5 Å². The van der Waals surface area contributed by atoms with Crippen molar-refractivity contribution in [1.29, 1.82) is 0 Å². The fourth-order valence-corrected chi connectivity index (χ4v) is 1.78. The van der Waals surface area contributed by atoms with Gasteiger partial charge in [-0.15, -0.1) is 0 Å². The SMILES string of the molecule is COCc1cc(NN)c2cc(OC(F)F)ccc2n1. The molecule has 2 rings (SSSR count). The van der Waals surface area contributed by atoms with E-state index in [9.17, 15) is 8.78 Å². The molecule has 1 heterocycles. The topological polar surface area (TPSA) is 69.4 Å². The normalized spacial score (nSPS) is 11.0. The molecule has 0 aliphatic heterocycles. The van der Waals surface area contributed by atoms with E-state index < -0.39 is 6.61 Å². The number of nitrogen functional groups attached to an aromatic ring is 1. The van der Waals surface area contributed by atoms with Crippen molar-refractivity contribution in [1.82, 2.24) is 4.98 Å². The molecule has 0 saturated heterocycles. The molecule has 0 amide bonds. The lowest BCUT2D eigenvalue weighted by atomic mass is 10.1. The number of fused-ring (bicyclic) bond motifs is 1. The van der Waals surface area contributed by atoms with Crippen molar-refractivity contribution in [3.8, 4) is 5.75 Å². The summed E-state index contributed by atoms with van der Waals surface area (Å²) in [5.74, 6) is 5.48. The third kappa shape index (κ3) is 3.07. The molecule has 0 spiro atoms. The van der Waals surface area contributed by atoms with Gasteiger partial charge in [0.15, 0.2) is 0 Å². The van der Waals surface area contributed by atoms with Crippen molar-refractivity contribution < 1.29 is 18.3 Å². The number of hydrogen-bond donors (Lipinski definition) is 2. The number of nitrogens with two attached hydrogens (primary N) is 1. The van der Waals surface area contributed by atoms with Gasteiger partial charge in [-0.3, -0.25) is 10.8 Å². The first-order valence-electron chi connectivity index (χ1n) is 5.48. The number of hydrogen-bond acceptors (Lipinski definition) is 5. The Bertz CT molecular complexity index is 578. The van der Waals surface area contributed by atoms with Crippen LogP contribution in [0, 0.1) is 0 Å². The second-order valence-electron chi connectivity index (χ2n) is 3.80. The smallest absolute Gasteiger partial charge is 0.387 e. The standard InChI is InChI=1S/C12H13F2N3O2/c1-18-6-7-4-11(17-15)9-5-8(19-12(13)14)2-3-10(9)16-7/h2-5,12H,6,15H2,1H3,(H,16,17). The summed E-state index contributed by atoms with van der Waals surface area (Å²) in [6.07, 6.45) is 0. The van der Waals surface area contributed by atoms with Crippen LogP contribution in [0.2, 0.25) is 0 Å². The number of aromatic nitrogens is 1. The van der Waals surface area contributed by atoms with Crippen LogP contribution in [0.1, 0.15) is 5.69 Å². The number of nitrogens with one attached hydrogen (secondary N) is 1. The highest BCUT2D eigenvalue weighted by molar-refractivity contribution is 5.92. The molecular weight excluding hydrogens is 256 g/mol. The zero-order chi connectivity index (χ0) is 13.8. The van der Waals surface area contributed by atoms with Gasteiger partial charge in [-0.25, -0.2) is 0 Å². The number of hydrazine groups is 1. The van der Waals surface area contributed by atoms with E-state index in [4.69, 9.17) is 10.6 Å². The number of nitrogens with zero attached hydrogens (tertiary/aromatic N) is 1. The molecule has 1 aromatic heterocycles. The van der Waals surface area contributed by atoms with Gasteiger partial charge < -0.3 is 14.9 Å². The predicted molar refractivity (Wildman–Crippen MR) is 66.9 cm³/mol. The maximum absolute atomic E-state index is 12.2. The number of rotatable bonds is 5. The highest BCUT2D eigenvalue weighted by Crippen LogP contribution is 2.27. The van der Waals surface area contributed by atoms with E-state index in [0.29, 0.717) is 28.9 Å². The fourth-order valence-electron chi connectivity index (χ4n) is 1.78. The van der Waals surface area contributed by atoms with E-state index in [-0.39, 0.29) is 5.75 Å². The van der Waals surface area contributed by atoms with Gasteiger partial charge in [0.05, 0.1) is 23.5 Å². The van der Waals surface area contributed by atoms with Crippen LogP contribution in [0.4, 0.5) is 14.5 Å². The number of anilines is 1. The molecule has 0 fully saturated rings. The minimum Gasteiger partial charge on any atom is -0.435 e. The van der Waals surface area contributed by atoms with Crippen LogP contribution >= 0.6 is 0 Å². The van der Waals surface area contributed by atoms with Crippen molar-refractivity contribution in [3.63, 3.8) is 0 Å². The Morgan fingerprint density at radius 3 is 2.79 bits per heavy atom. The lowest BCUT2D eigenvalue weighted by molar-refractivity contribution is -0.0497. The Kier molecular flexibility index (Phi) is 4.08. The van der Waals surface area contributed by atoms with Crippen LogP contribution in [0.3, 0.4) is 0 Å². The van der Waals surface area contributed by atoms with Crippen LogP contribution in [-0.2, 0) is 11.3 Å². The molecule has 3 N–H and O–H groups in total. The van der Waals surface area contributed by atoms with Crippen molar-refractivity contribution in [2.75, 3.05) is 12.5 Å². The third-order valence-electron chi connectivity index (χ3n) is 2.51. The number of pyridine rings is 1. The number of methoxy groups -OCH3 is 1. The van der Waals surface area contributed by atoms with E-state index in [1.807, 2.05) is 0 Å². The largest absolute Gasteiger partial charge is 0.435 e. The van der Waals surface area contributed by atoms with Gasteiger partial charge in [0.25, 0.3) is 0 Å². The number of halogens is 2. The van der Waals surface area contributed by atoms with Crippen LogP contribution < -0.4 is 16.0 Å². The summed E-state index contributed by atoms with van der Waals surface area (Å²) in [6, 6.07) is 6.17. The quantitative estimate of drug-likeness (QED) is 0.643. The van der Waals surface area contributed by atoms with Gasteiger partial charge in [-0.1, -0.05) is 0 Å². The minimum atomic E-state index is -2.87. The predicted octanol–water partition coefficient (Wildman–Crippen LogP) is 2.27. The maximum Gasteiger partial charge on any atom is 0.387 e. The fraction of sp³-hybridized carbons (Fsp3) is 0.250. The lowest BCUT2D eigenvalue weighted by Crippen LogP contribution is -2.09. The summed E-state index contributed by atoms with van der Waals surface area (Å²) in [7, 11) is 1.56. The average molecular weight is 269 g/mol. The van der Waals surface area contributed by atoms with Gasteiger partial charge in [-0.05, 0) is 24.3 Å². The number of benzene rings is 1. The molecule has 0 radical (unpaired) electrons. The highest BCUT2D eigenvalue weighted by Gasteiger charge is 2.09. The molecule has 2 aromatic rings. The van der Waals surface area contributed by atoms with E-state index >= 15 is 0 Å². The molecule has 1 aromatic carbocycles. The molecular formula is C12H13F2N3O2. The van der Waals surface area contributed by atoms with Crippen LogP contribution in [0.5, 0.6) is 5.75 Å². The molecule has 102 valence electrons. The average Bonchev–Trinajstić information content (AvgIpc) is 2.38. The van der Waals surface area contributed by atoms with Gasteiger partial charge >= 0.3 is 6.61 Å². The Morgan fingerprint density at radius 1 is 1.37 bits per heavy atom. The minimum absolute atomic E-state index is 0.0558. The lowest BCUT2D eigenvalue weighted by Gasteiger charge is -2.10. The first-order chi connectivity index (χ1) is 9.13. The monoisotopic (exact) mass is 269 g/mol. The molecule has 0 aliphatic carbocycles. The van der Waals surface area contributed by atoms with Crippen molar-refractivity contribution in [2.45, 2.75) is 13.2 Å². The van der Waals surface area contributed by atoms with Gasteiger partial charge in [0.2, 0.25) is 0 Å². The van der Waals surface area contributed by atoms with Crippen molar-refractivity contribution in [2.24, 2.45) is 5.84 Å². The van der Waals surface area contributed by atoms with Crippen LogP contribution in [-0.4, -0.2) is 18.7 Å². The van der Waals surface area contributed by atoms with Crippen LogP contribution in [0.25, 0.3) is 10.9 Å². The Hall–Kier alpha value is -1.99. The van der Waals surface area contributed by atoms with E-state index in [2.05, 4.69) is 15.1 Å². The Morgan fingerprint density at radius 2 is 2.16 bits per heavy atom. The highest BCUT2D eigenvalue weighted by atomic mass is 19.3. The van der Waals surface area contributed by atoms with Crippen molar-refractivity contribution >= 4 is 16.6 Å².